The molecule has 8 heteroatoms. The van der Waals surface area contributed by atoms with Gasteiger partial charge >= 0.3 is 0 Å². The van der Waals surface area contributed by atoms with Gasteiger partial charge in [0.25, 0.3) is 5.91 Å². The van der Waals surface area contributed by atoms with E-state index in [0.717, 1.165) is 21.4 Å². The maximum atomic E-state index is 12.8. The number of anilines is 1. The fraction of sp³-hybridized carbons (Fsp3) is 0.250. The number of halogens is 1. The number of nitrogens with zero attached hydrogens (tertiary/aromatic N) is 2. The second-order valence-corrected chi connectivity index (χ2v) is 8.03. The number of thiazole rings is 1. The largest absolute Gasteiger partial charge is 0.323 e. The van der Waals surface area contributed by atoms with Crippen molar-refractivity contribution in [1.29, 1.82) is 0 Å². The molecule has 28 heavy (non-hydrogen) atoms. The molecule has 0 aliphatic heterocycles. The maximum absolute atomic E-state index is 12.8. The van der Waals surface area contributed by atoms with Gasteiger partial charge in [-0.1, -0.05) is 11.6 Å². The Bertz CT molecular complexity index is 981. The second-order valence-electron chi connectivity index (χ2n) is 6.72. The van der Waals surface area contributed by atoms with Gasteiger partial charge in [-0.2, -0.15) is 0 Å². The van der Waals surface area contributed by atoms with Gasteiger partial charge in [-0.05, 0) is 44.2 Å². The van der Waals surface area contributed by atoms with E-state index in [0.29, 0.717) is 16.3 Å². The average Bonchev–Trinajstić information content (AvgIpc) is 3.24. The van der Waals surface area contributed by atoms with Crippen molar-refractivity contribution < 1.29 is 14.5 Å². The molecule has 2 aromatic heterocycles. The third-order valence-corrected chi connectivity index (χ3v) is 5.40. The van der Waals surface area contributed by atoms with Crippen LogP contribution in [0.15, 0.2) is 41.9 Å². The summed E-state index contributed by atoms with van der Waals surface area (Å²) in [7, 11) is 1.83. The van der Waals surface area contributed by atoms with Crippen molar-refractivity contribution in [3.05, 3.63) is 63.9 Å². The monoisotopic (exact) mass is 417 g/mol. The van der Waals surface area contributed by atoms with Gasteiger partial charge in [0, 0.05) is 39.2 Å². The molecule has 0 aliphatic carbocycles. The molecule has 1 aromatic carbocycles. The fourth-order valence-electron chi connectivity index (χ4n) is 3.11. The van der Waals surface area contributed by atoms with Crippen molar-refractivity contribution >= 4 is 40.3 Å². The van der Waals surface area contributed by atoms with E-state index in [9.17, 15) is 9.59 Å². The molecule has 0 spiro atoms. The van der Waals surface area contributed by atoms with Gasteiger partial charge in [0.2, 0.25) is 5.78 Å². The molecule has 3 aromatic rings. The fourth-order valence-corrected chi connectivity index (χ4v) is 3.99. The number of benzene rings is 1. The van der Waals surface area contributed by atoms with E-state index in [1.165, 1.54) is 11.3 Å². The normalized spacial score (nSPS) is 12.0. The quantitative estimate of drug-likeness (QED) is 0.580. The lowest BCUT2D eigenvalue weighted by molar-refractivity contribution is -0.861. The van der Waals surface area contributed by atoms with E-state index in [1.54, 1.807) is 30.5 Å². The maximum Gasteiger partial charge on any atom is 0.279 e. The Morgan fingerprint density at radius 3 is 2.57 bits per heavy atom. The predicted octanol–water partition coefficient (Wildman–Crippen LogP) is 2.54. The van der Waals surface area contributed by atoms with Crippen LogP contribution in [0, 0.1) is 13.8 Å². The summed E-state index contributed by atoms with van der Waals surface area (Å²) in [5.41, 5.74) is 3.19. The summed E-state index contributed by atoms with van der Waals surface area (Å²) in [6, 6.07) is 8.81. The van der Waals surface area contributed by atoms with E-state index in [4.69, 9.17) is 11.6 Å². The van der Waals surface area contributed by atoms with E-state index in [1.807, 2.05) is 36.9 Å². The summed E-state index contributed by atoms with van der Waals surface area (Å²) in [4.78, 5) is 30.2. The Labute approximate surface area is 172 Å². The number of ketones is 1. The number of carbonyl (C=O) groups is 2. The molecule has 0 bridgehead atoms. The van der Waals surface area contributed by atoms with Crippen LogP contribution in [0.25, 0.3) is 5.13 Å². The van der Waals surface area contributed by atoms with Crippen molar-refractivity contribution in [2.24, 2.45) is 0 Å². The standard InChI is InChI=1S/C20H21ClN4O2S/c1-13-10-17(14(2)25(13)20-22-8-9-28-20)18(26)11-24(3)12-19(27)23-16-6-4-15(21)5-7-16/h4-10H,11-12H2,1-3H3,(H,23,27)/p+1. The van der Waals surface area contributed by atoms with Gasteiger partial charge < -0.3 is 10.2 Å². The summed E-state index contributed by atoms with van der Waals surface area (Å²) in [5.74, 6) is -0.145. The number of aryl methyl sites for hydroxylation is 1. The van der Waals surface area contributed by atoms with Crippen LogP contribution in [-0.4, -0.2) is 41.4 Å². The summed E-state index contributed by atoms with van der Waals surface area (Å²) in [6.45, 7) is 4.31. The van der Waals surface area contributed by atoms with Crippen molar-refractivity contribution in [3.8, 4) is 5.13 Å². The molecule has 1 amide bonds. The van der Waals surface area contributed by atoms with Crippen LogP contribution in [-0.2, 0) is 4.79 Å². The van der Waals surface area contributed by atoms with Gasteiger partial charge in [0.1, 0.15) is 6.54 Å². The first-order chi connectivity index (χ1) is 13.3. The van der Waals surface area contributed by atoms with Gasteiger partial charge in [-0.3, -0.25) is 14.2 Å². The SMILES string of the molecule is Cc1cc(C(=O)C[NH+](C)CC(=O)Nc2ccc(Cl)cc2)c(C)n1-c1nccs1. The molecular weight excluding hydrogens is 396 g/mol. The van der Waals surface area contributed by atoms with Crippen LogP contribution < -0.4 is 10.2 Å². The summed E-state index contributed by atoms with van der Waals surface area (Å²) in [6.07, 6.45) is 1.75. The molecule has 2 N–H and O–H groups in total. The first-order valence-corrected chi connectivity index (χ1v) is 10.1. The number of quaternary nitrogens is 1. The van der Waals surface area contributed by atoms with Gasteiger partial charge in [0.15, 0.2) is 11.7 Å². The van der Waals surface area contributed by atoms with E-state index in [-0.39, 0.29) is 24.8 Å². The Kier molecular flexibility index (Phi) is 6.28. The van der Waals surface area contributed by atoms with Crippen molar-refractivity contribution in [2.75, 3.05) is 25.5 Å². The molecule has 6 nitrogen and oxygen atoms in total. The first-order valence-electron chi connectivity index (χ1n) is 8.84. The number of carbonyl (C=O) groups excluding carboxylic acids is 2. The van der Waals surface area contributed by atoms with Gasteiger partial charge in [0.05, 0.1) is 7.05 Å². The minimum atomic E-state index is -0.152. The molecule has 0 aliphatic rings. The third kappa shape index (κ3) is 4.67. The average molecular weight is 418 g/mol. The number of Topliss-reactive ketones (excluding diaryl/α,β-unsaturated/α-hetero) is 1. The van der Waals surface area contributed by atoms with Crippen molar-refractivity contribution in [3.63, 3.8) is 0 Å². The lowest BCUT2D eigenvalue weighted by Gasteiger charge is -2.13. The topological polar surface area (TPSA) is 68.4 Å². The van der Waals surface area contributed by atoms with Crippen LogP contribution >= 0.6 is 22.9 Å². The number of hydrogen-bond acceptors (Lipinski definition) is 4. The van der Waals surface area contributed by atoms with Gasteiger partial charge in [-0.25, -0.2) is 4.98 Å². The number of aromatic nitrogens is 2. The van der Waals surface area contributed by atoms with Crippen LogP contribution in [0.1, 0.15) is 21.7 Å². The van der Waals surface area contributed by atoms with E-state index in [2.05, 4.69) is 10.3 Å². The highest BCUT2D eigenvalue weighted by molar-refractivity contribution is 7.12. The molecule has 2 heterocycles. The highest BCUT2D eigenvalue weighted by Gasteiger charge is 2.21. The molecule has 0 saturated carbocycles. The van der Waals surface area contributed by atoms with E-state index >= 15 is 0 Å². The third-order valence-electron chi connectivity index (χ3n) is 4.39. The molecule has 0 fully saturated rings. The van der Waals surface area contributed by atoms with Crippen molar-refractivity contribution in [1.82, 2.24) is 9.55 Å². The lowest BCUT2D eigenvalue weighted by Crippen LogP contribution is -3.11. The lowest BCUT2D eigenvalue weighted by atomic mass is 10.1. The predicted molar refractivity (Wildman–Crippen MR) is 112 cm³/mol. The summed E-state index contributed by atoms with van der Waals surface area (Å²) in [5, 5.41) is 6.18. The summed E-state index contributed by atoms with van der Waals surface area (Å²) < 4.78 is 1.99. The number of hydrogen-bond donors (Lipinski definition) is 2. The Morgan fingerprint density at radius 2 is 1.93 bits per heavy atom. The molecular formula is C20H22ClN4O2S+. The molecule has 0 saturated heterocycles. The zero-order chi connectivity index (χ0) is 20.3. The zero-order valence-electron chi connectivity index (χ0n) is 16.0. The summed E-state index contributed by atoms with van der Waals surface area (Å²) >= 11 is 7.37. The molecule has 3 rings (SSSR count). The number of rotatable bonds is 7. The van der Waals surface area contributed by atoms with Crippen molar-refractivity contribution in [2.45, 2.75) is 13.8 Å². The minimum Gasteiger partial charge on any atom is -0.323 e. The molecule has 1 atom stereocenters. The highest BCUT2D eigenvalue weighted by atomic mass is 35.5. The zero-order valence-corrected chi connectivity index (χ0v) is 17.5. The molecule has 1 unspecified atom stereocenters. The van der Waals surface area contributed by atoms with E-state index < -0.39 is 0 Å². The molecule has 146 valence electrons. The van der Waals surface area contributed by atoms with Crippen LogP contribution in [0.4, 0.5) is 5.69 Å². The number of likely N-dealkylation sites (N-methyl/N-ethyl adjacent to an activating group) is 1. The Balaban J connectivity index is 1.62. The molecule has 0 radical (unpaired) electrons. The Hall–Kier alpha value is -2.48. The van der Waals surface area contributed by atoms with Crippen LogP contribution in [0.5, 0.6) is 0 Å². The highest BCUT2D eigenvalue weighted by Crippen LogP contribution is 2.22. The van der Waals surface area contributed by atoms with Crippen LogP contribution in [0.2, 0.25) is 5.02 Å². The smallest absolute Gasteiger partial charge is 0.279 e. The first kappa shape index (κ1) is 20.3. The van der Waals surface area contributed by atoms with Gasteiger partial charge in [-0.15, -0.1) is 11.3 Å². The second kappa shape index (κ2) is 8.68. The number of nitrogens with one attached hydrogen (secondary N) is 2. The number of amides is 1. The van der Waals surface area contributed by atoms with Crippen LogP contribution in [0.3, 0.4) is 0 Å². The minimum absolute atomic E-state index is 0.00713. The Morgan fingerprint density at radius 1 is 1.21 bits per heavy atom.